The van der Waals surface area contributed by atoms with Crippen molar-refractivity contribution in [3.8, 4) is 0 Å². The van der Waals surface area contributed by atoms with Crippen molar-refractivity contribution in [2.24, 2.45) is 0 Å². The van der Waals surface area contributed by atoms with Crippen LogP contribution in [0.3, 0.4) is 0 Å². The van der Waals surface area contributed by atoms with Crippen molar-refractivity contribution in [1.29, 1.82) is 0 Å². The Morgan fingerprint density at radius 1 is 1.08 bits per heavy atom. The number of hydrogen-bond acceptors (Lipinski definition) is 3. The zero-order chi connectivity index (χ0) is 18.8. The van der Waals surface area contributed by atoms with Gasteiger partial charge in [0.05, 0.1) is 10.5 Å². The van der Waals surface area contributed by atoms with Gasteiger partial charge in [-0.1, -0.05) is 24.3 Å². The van der Waals surface area contributed by atoms with Gasteiger partial charge in [-0.05, 0) is 25.1 Å². The van der Waals surface area contributed by atoms with Gasteiger partial charge in [-0.2, -0.15) is 13.2 Å². The molecule has 0 aliphatic heterocycles. The number of carbonyl (C=O) groups is 1. The van der Waals surface area contributed by atoms with E-state index in [1.165, 1.54) is 31.2 Å². The fourth-order valence-electron chi connectivity index (χ4n) is 2.06. The maximum Gasteiger partial charge on any atom is 0.419 e. The van der Waals surface area contributed by atoms with E-state index in [1.807, 2.05) is 4.72 Å². The first kappa shape index (κ1) is 19.1. The third-order valence-electron chi connectivity index (χ3n) is 3.41. The topological polar surface area (TPSA) is 63.2 Å². The van der Waals surface area contributed by atoms with Crippen LogP contribution in [0, 0.1) is 5.82 Å². The lowest BCUT2D eigenvalue weighted by atomic mass is 10.1. The van der Waals surface area contributed by atoms with Crippen molar-refractivity contribution in [2.45, 2.75) is 24.5 Å². The second-order valence-electron chi connectivity index (χ2n) is 5.18. The highest BCUT2D eigenvalue weighted by Gasteiger charge is 2.34. The number of Topliss-reactive ketones (excluding diaryl/α,β-unsaturated/α-hetero) is 1. The average Bonchev–Trinajstić information content (AvgIpc) is 2.53. The van der Waals surface area contributed by atoms with E-state index < -0.39 is 39.7 Å². The molecule has 2 aromatic carbocycles. The molecule has 0 bridgehead atoms. The molecule has 2 rings (SSSR count). The smallest absolute Gasteiger partial charge is 0.295 e. The Kier molecular flexibility index (Phi) is 5.28. The first-order valence-corrected chi connectivity index (χ1v) is 8.46. The van der Waals surface area contributed by atoms with Crippen LogP contribution in [-0.4, -0.2) is 14.2 Å². The lowest BCUT2D eigenvalue weighted by Gasteiger charge is -2.12. The van der Waals surface area contributed by atoms with Gasteiger partial charge in [-0.25, -0.2) is 17.5 Å². The standard InChI is InChI=1S/C16H13F4NO3S/c1-10(22)11-5-7-13(8-6-11)25(23,24)21-9-12-3-2-4-14(15(12)17)16(18,19)20/h2-8,21H,9H2,1H3. The van der Waals surface area contributed by atoms with Crippen LogP contribution in [0.1, 0.15) is 28.4 Å². The zero-order valence-corrected chi connectivity index (χ0v) is 13.7. The van der Waals surface area contributed by atoms with Crippen LogP contribution in [0.5, 0.6) is 0 Å². The summed E-state index contributed by atoms with van der Waals surface area (Å²) in [6.07, 6.45) is -4.87. The predicted molar refractivity (Wildman–Crippen MR) is 81.9 cm³/mol. The van der Waals surface area contributed by atoms with Gasteiger partial charge in [0.1, 0.15) is 5.82 Å². The molecule has 25 heavy (non-hydrogen) atoms. The van der Waals surface area contributed by atoms with Gasteiger partial charge in [0.25, 0.3) is 0 Å². The van der Waals surface area contributed by atoms with E-state index >= 15 is 0 Å². The largest absolute Gasteiger partial charge is 0.419 e. The minimum Gasteiger partial charge on any atom is -0.295 e. The Labute approximate surface area is 141 Å². The summed E-state index contributed by atoms with van der Waals surface area (Å²) in [5, 5.41) is 0. The highest BCUT2D eigenvalue weighted by atomic mass is 32.2. The van der Waals surface area contributed by atoms with Crippen molar-refractivity contribution in [3.05, 3.63) is 65.0 Å². The molecule has 134 valence electrons. The normalized spacial score (nSPS) is 12.2. The Morgan fingerprint density at radius 2 is 1.68 bits per heavy atom. The summed E-state index contributed by atoms with van der Waals surface area (Å²) in [6, 6.07) is 7.61. The van der Waals surface area contributed by atoms with Crippen LogP contribution in [0.15, 0.2) is 47.4 Å². The van der Waals surface area contributed by atoms with E-state index in [-0.39, 0.29) is 10.7 Å². The number of halogens is 4. The third-order valence-corrected chi connectivity index (χ3v) is 4.83. The quantitative estimate of drug-likeness (QED) is 0.642. The van der Waals surface area contributed by atoms with E-state index in [0.717, 1.165) is 12.1 Å². The molecule has 0 saturated heterocycles. The molecule has 0 spiro atoms. The van der Waals surface area contributed by atoms with E-state index in [4.69, 9.17) is 0 Å². The van der Waals surface area contributed by atoms with Crippen molar-refractivity contribution >= 4 is 15.8 Å². The minimum atomic E-state index is -4.87. The maximum absolute atomic E-state index is 13.9. The van der Waals surface area contributed by atoms with Crippen LogP contribution in [0.2, 0.25) is 0 Å². The molecule has 0 aromatic heterocycles. The summed E-state index contributed by atoms with van der Waals surface area (Å²) in [6.45, 7) is 0.671. The van der Waals surface area contributed by atoms with Crippen LogP contribution >= 0.6 is 0 Å². The number of alkyl halides is 3. The van der Waals surface area contributed by atoms with Gasteiger partial charge in [0, 0.05) is 17.7 Å². The molecule has 0 heterocycles. The van der Waals surface area contributed by atoms with Gasteiger partial charge >= 0.3 is 6.18 Å². The lowest BCUT2D eigenvalue weighted by Crippen LogP contribution is -2.24. The highest BCUT2D eigenvalue weighted by molar-refractivity contribution is 7.89. The molecule has 0 saturated carbocycles. The Bertz CT molecular complexity index is 891. The first-order chi connectivity index (χ1) is 11.5. The number of hydrogen-bond donors (Lipinski definition) is 1. The van der Waals surface area contributed by atoms with Crippen LogP contribution in [-0.2, 0) is 22.7 Å². The van der Waals surface area contributed by atoms with E-state index in [0.29, 0.717) is 11.6 Å². The molecule has 0 radical (unpaired) electrons. The number of sulfonamides is 1. The number of benzene rings is 2. The molecule has 0 atom stereocenters. The molecule has 0 aliphatic carbocycles. The molecular formula is C16H13F4NO3S. The fraction of sp³-hybridized carbons (Fsp3) is 0.188. The number of rotatable bonds is 5. The molecular weight excluding hydrogens is 362 g/mol. The molecule has 0 amide bonds. The predicted octanol–water partition coefficient (Wildman–Crippen LogP) is 3.53. The van der Waals surface area contributed by atoms with E-state index in [1.54, 1.807) is 0 Å². The molecule has 0 unspecified atom stereocenters. The average molecular weight is 375 g/mol. The van der Waals surface area contributed by atoms with E-state index in [9.17, 15) is 30.8 Å². The van der Waals surface area contributed by atoms with Crippen molar-refractivity contribution in [3.63, 3.8) is 0 Å². The Hall–Kier alpha value is -2.26. The number of nitrogens with one attached hydrogen (secondary N) is 1. The lowest BCUT2D eigenvalue weighted by molar-refractivity contribution is -0.140. The van der Waals surface area contributed by atoms with Crippen LogP contribution in [0.25, 0.3) is 0 Å². The highest BCUT2D eigenvalue weighted by Crippen LogP contribution is 2.32. The Balaban J connectivity index is 2.22. The van der Waals surface area contributed by atoms with Crippen LogP contribution < -0.4 is 4.72 Å². The van der Waals surface area contributed by atoms with Gasteiger partial charge in [-0.15, -0.1) is 0 Å². The van der Waals surface area contributed by atoms with Crippen molar-refractivity contribution in [1.82, 2.24) is 4.72 Å². The number of ketones is 1. The van der Waals surface area contributed by atoms with Crippen LogP contribution in [0.4, 0.5) is 17.6 Å². The monoisotopic (exact) mass is 375 g/mol. The summed E-state index contributed by atoms with van der Waals surface area (Å²) in [7, 11) is -4.08. The van der Waals surface area contributed by atoms with Gasteiger partial charge in [0.15, 0.2) is 5.78 Å². The number of carbonyl (C=O) groups excluding carboxylic acids is 1. The molecule has 9 heteroatoms. The van der Waals surface area contributed by atoms with Gasteiger partial charge < -0.3 is 0 Å². The Morgan fingerprint density at radius 3 is 2.20 bits per heavy atom. The molecule has 4 nitrogen and oxygen atoms in total. The summed E-state index contributed by atoms with van der Waals surface area (Å²) in [5.74, 6) is -1.77. The fourth-order valence-corrected chi connectivity index (χ4v) is 3.07. The summed E-state index contributed by atoms with van der Waals surface area (Å²) in [5.41, 5.74) is -1.59. The second-order valence-corrected chi connectivity index (χ2v) is 6.95. The molecule has 0 fully saturated rings. The molecule has 0 aliphatic rings. The second kappa shape index (κ2) is 6.93. The molecule has 1 N–H and O–H groups in total. The summed E-state index contributed by atoms with van der Waals surface area (Å²) in [4.78, 5) is 11.0. The summed E-state index contributed by atoms with van der Waals surface area (Å²) < 4.78 is 78.2. The maximum atomic E-state index is 13.9. The van der Waals surface area contributed by atoms with Crippen molar-refractivity contribution < 1.29 is 30.8 Å². The first-order valence-electron chi connectivity index (χ1n) is 6.97. The zero-order valence-electron chi connectivity index (χ0n) is 12.9. The van der Waals surface area contributed by atoms with Crippen molar-refractivity contribution in [2.75, 3.05) is 0 Å². The molecule has 2 aromatic rings. The SMILES string of the molecule is CC(=O)c1ccc(S(=O)(=O)NCc2cccc(C(F)(F)F)c2F)cc1. The van der Waals surface area contributed by atoms with E-state index in [2.05, 4.69) is 0 Å². The third kappa shape index (κ3) is 4.43. The van der Waals surface area contributed by atoms with Gasteiger partial charge in [0.2, 0.25) is 10.0 Å². The van der Waals surface area contributed by atoms with Gasteiger partial charge in [-0.3, -0.25) is 4.79 Å². The minimum absolute atomic E-state index is 0.190. The summed E-state index contributed by atoms with van der Waals surface area (Å²) >= 11 is 0.